The Morgan fingerprint density at radius 2 is 2.06 bits per heavy atom. The Bertz CT molecular complexity index is 474. The van der Waals surface area contributed by atoms with Crippen LogP contribution in [-0.2, 0) is 16.6 Å². The first kappa shape index (κ1) is 13.4. The number of hydrogen-bond donors (Lipinski definition) is 2. The first-order valence-corrected chi connectivity index (χ1v) is 6.41. The van der Waals surface area contributed by atoms with Crippen molar-refractivity contribution in [3.8, 4) is 0 Å². The highest BCUT2D eigenvalue weighted by Gasteiger charge is 2.18. The molecule has 0 saturated heterocycles. The Balaban J connectivity index is 3.21. The molecule has 0 atom stereocenters. The monoisotopic (exact) mass is 263 g/mol. The van der Waals surface area contributed by atoms with Gasteiger partial charge in [0.2, 0.25) is 0 Å². The smallest absolute Gasteiger partial charge is 0.254 e. The van der Waals surface area contributed by atoms with Crippen LogP contribution in [0.2, 0.25) is 5.02 Å². The van der Waals surface area contributed by atoms with E-state index in [1.165, 1.54) is 17.1 Å². The van der Waals surface area contributed by atoms with Gasteiger partial charge < -0.3 is 5.73 Å². The van der Waals surface area contributed by atoms with Crippen LogP contribution in [0.3, 0.4) is 0 Å². The van der Waals surface area contributed by atoms with Crippen LogP contribution >= 0.6 is 11.6 Å². The molecule has 1 aromatic carbocycles. The van der Waals surface area contributed by atoms with E-state index < -0.39 is 10.0 Å². The largest absolute Gasteiger partial charge is 0.326 e. The molecule has 3 N–H and O–H groups in total. The molecule has 0 radical (unpaired) electrons. The minimum Gasteiger partial charge on any atom is -0.326 e. The summed E-state index contributed by atoms with van der Waals surface area (Å²) >= 11 is 5.84. The van der Waals surface area contributed by atoms with Crippen LogP contribution in [0, 0.1) is 0 Å². The summed E-state index contributed by atoms with van der Waals surface area (Å²) in [5.41, 5.74) is 6.16. The Kier molecular flexibility index (Phi) is 4.28. The first-order chi connectivity index (χ1) is 7.36. The maximum Gasteiger partial charge on any atom is 0.254 e. The van der Waals surface area contributed by atoms with Gasteiger partial charge in [0.05, 0.1) is 5.02 Å². The highest BCUT2D eigenvalue weighted by molar-refractivity contribution is 7.89. The van der Waals surface area contributed by atoms with Crippen LogP contribution in [0.25, 0.3) is 0 Å². The van der Waals surface area contributed by atoms with Gasteiger partial charge >= 0.3 is 0 Å². The van der Waals surface area contributed by atoms with Crippen molar-refractivity contribution in [3.63, 3.8) is 0 Å². The molecular formula is C9H14ClN3O2S. The molecule has 0 unspecified atom stereocenters. The third-order valence-electron chi connectivity index (χ3n) is 1.82. The summed E-state index contributed by atoms with van der Waals surface area (Å²) in [7, 11) is -0.471. The number of nitrogens with one attached hydrogen (secondary N) is 1. The van der Waals surface area contributed by atoms with Crippen molar-refractivity contribution in [1.29, 1.82) is 0 Å². The van der Waals surface area contributed by atoms with Gasteiger partial charge in [-0.1, -0.05) is 17.7 Å². The van der Waals surface area contributed by atoms with Gasteiger partial charge in [-0.15, -0.1) is 4.83 Å². The fourth-order valence-corrected chi connectivity index (χ4v) is 2.80. The second kappa shape index (κ2) is 5.11. The zero-order valence-corrected chi connectivity index (χ0v) is 10.6. The van der Waals surface area contributed by atoms with Gasteiger partial charge in [0, 0.05) is 20.6 Å². The van der Waals surface area contributed by atoms with Crippen LogP contribution in [0.15, 0.2) is 23.1 Å². The van der Waals surface area contributed by atoms with Crippen molar-refractivity contribution < 1.29 is 8.42 Å². The molecule has 0 saturated carbocycles. The third-order valence-corrected chi connectivity index (χ3v) is 3.79. The van der Waals surface area contributed by atoms with E-state index in [1.54, 1.807) is 20.2 Å². The molecule has 0 spiro atoms. The zero-order chi connectivity index (χ0) is 12.3. The summed E-state index contributed by atoms with van der Waals surface area (Å²) in [5, 5.41) is 1.51. The fraction of sp³-hybridized carbons (Fsp3) is 0.333. The number of hydrogen-bond acceptors (Lipinski definition) is 4. The molecule has 0 bridgehead atoms. The molecule has 1 rings (SSSR count). The summed E-state index contributed by atoms with van der Waals surface area (Å²) < 4.78 is 23.7. The van der Waals surface area contributed by atoms with Gasteiger partial charge in [0.1, 0.15) is 4.90 Å². The summed E-state index contributed by atoms with van der Waals surface area (Å²) in [5.74, 6) is 0. The molecule has 0 fully saturated rings. The molecule has 0 aliphatic rings. The lowest BCUT2D eigenvalue weighted by Gasteiger charge is -2.14. The van der Waals surface area contributed by atoms with E-state index in [4.69, 9.17) is 17.3 Å². The molecule has 7 heteroatoms. The van der Waals surface area contributed by atoms with Gasteiger partial charge in [0.25, 0.3) is 10.0 Å². The number of rotatable bonds is 4. The van der Waals surface area contributed by atoms with Crippen LogP contribution in [0.4, 0.5) is 0 Å². The maximum absolute atomic E-state index is 11.9. The highest BCUT2D eigenvalue weighted by atomic mass is 35.5. The van der Waals surface area contributed by atoms with Crippen molar-refractivity contribution in [3.05, 3.63) is 28.8 Å². The van der Waals surface area contributed by atoms with Crippen molar-refractivity contribution in [2.45, 2.75) is 11.4 Å². The Labute approximate surface area is 100 Å². The molecule has 0 heterocycles. The average molecular weight is 264 g/mol. The van der Waals surface area contributed by atoms with Crippen molar-refractivity contribution >= 4 is 21.6 Å². The number of benzene rings is 1. The van der Waals surface area contributed by atoms with Crippen LogP contribution < -0.4 is 10.6 Å². The third kappa shape index (κ3) is 3.16. The predicted molar refractivity (Wildman–Crippen MR) is 63.4 cm³/mol. The highest BCUT2D eigenvalue weighted by Crippen LogP contribution is 2.22. The molecule has 0 aliphatic heterocycles. The van der Waals surface area contributed by atoms with Crippen LogP contribution in [0.1, 0.15) is 5.56 Å². The number of hydrazine groups is 1. The summed E-state index contributed by atoms with van der Waals surface area (Å²) in [6, 6.07) is 4.68. The summed E-state index contributed by atoms with van der Waals surface area (Å²) in [6.07, 6.45) is 0. The number of halogens is 1. The lowest BCUT2D eigenvalue weighted by Crippen LogP contribution is -2.36. The van der Waals surface area contributed by atoms with E-state index in [0.717, 1.165) is 0 Å². The SMILES string of the molecule is CN(C)NS(=O)(=O)c1cc(CN)ccc1Cl. The molecule has 0 aliphatic carbocycles. The quantitative estimate of drug-likeness (QED) is 0.778. The predicted octanol–water partition coefficient (Wildman–Crippen LogP) is 0.554. The van der Waals surface area contributed by atoms with Crippen molar-refractivity contribution in [2.24, 2.45) is 5.73 Å². The Hall–Kier alpha value is -0.660. The topological polar surface area (TPSA) is 75.4 Å². The minimum absolute atomic E-state index is 0.0332. The molecule has 16 heavy (non-hydrogen) atoms. The molecule has 90 valence electrons. The minimum atomic E-state index is -3.63. The number of sulfonamides is 1. The van der Waals surface area contributed by atoms with E-state index in [-0.39, 0.29) is 16.5 Å². The lowest BCUT2D eigenvalue weighted by atomic mass is 10.2. The van der Waals surface area contributed by atoms with E-state index in [2.05, 4.69) is 4.83 Å². The summed E-state index contributed by atoms with van der Waals surface area (Å²) in [4.78, 5) is 2.34. The van der Waals surface area contributed by atoms with Gasteiger partial charge in [-0.25, -0.2) is 13.4 Å². The van der Waals surface area contributed by atoms with Crippen LogP contribution in [0.5, 0.6) is 0 Å². The van der Waals surface area contributed by atoms with E-state index in [0.29, 0.717) is 5.56 Å². The molecule has 5 nitrogen and oxygen atoms in total. The maximum atomic E-state index is 11.9. The van der Waals surface area contributed by atoms with E-state index >= 15 is 0 Å². The van der Waals surface area contributed by atoms with Crippen molar-refractivity contribution in [1.82, 2.24) is 9.84 Å². The zero-order valence-electron chi connectivity index (χ0n) is 9.07. The number of nitrogens with two attached hydrogens (primary N) is 1. The molecule has 0 amide bonds. The first-order valence-electron chi connectivity index (χ1n) is 4.55. The molecular weight excluding hydrogens is 250 g/mol. The Morgan fingerprint density at radius 3 is 2.56 bits per heavy atom. The van der Waals surface area contributed by atoms with Gasteiger partial charge in [-0.2, -0.15) is 0 Å². The standard InChI is InChI=1S/C9H14ClN3O2S/c1-13(2)12-16(14,15)9-5-7(6-11)3-4-8(9)10/h3-5,12H,6,11H2,1-2H3. The van der Waals surface area contributed by atoms with Gasteiger partial charge in [-0.3, -0.25) is 0 Å². The van der Waals surface area contributed by atoms with Gasteiger partial charge in [-0.05, 0) is 17.7 Å². The van der Waals surface area contributed by atoms with E-state index in [9.17, 15) is 8.42 Å². The lowest BCUT2D eigenvalue weighted by molar-refractivity contribution is 0.364. The number of nitrogens with zero attached hydrogens (tertiary/aromatic N) is 1. The fourth-order valence-electron chi connectivity index (χ4n) is 1.17. The van der Waals surface area contributed by atoms with E-state index in [1.807, 2.05) is 0 Å². The second-order valence-electron chi connectivity index (χ2n) is 3.46. The van der Waals surface area contributed by atoms with Gasteiger partial charge in [0.15, 0.2) is 0 Å². The molecule has 1 aromatic rings. The average Bonchev–Trinajstić information content (AvgIpc) is 2.16. The normalized spacial score (nSPS) is 12.1. The van der Waals surface area contributed by atoms with Crippen molar-refractivity contribution in [2.75, 3.05) is 14.1 Å². The Morgan fingerprint density at radius 1 is 1.44 bits per heavy atom. The summed E-state index contributed by atoms with van der Waals surface area (Å²) in [6.45, 7) is 0.266. The molecule has 0 aromatic heterocycles. The second-order valence-corrected chi connectivity index (χ2v) is 5.49. The van der Waals surface area contributed by atoms with Crippen LogP contribution in [-0.4, -0.2) is 27.5 Å².